The Bertz CT molecular complexity index is 298. The number of hydrogen-bond donors (Lipinski definition) is 3. The lowest BCUT2D eigenvalue weighted by Crippen LogP contribution is -2.57. The van der Waals surface area contributed by atoms with Crippen molar-refractivity contribution in [3.05, 3.63) is 0 Å². The van der Waals surface area contributed by atoms with Gasteiger partial charge in [0, 0.05) is 0 Å². The zero-order valence-corrected chi connectivity index (χ0v) is 10.5. The minimum Gasteiger partial charge on any atom is -0.480 e. The Morgan fingerprint density at radius 3 is 2.35 bits per heavy atom. The predicted molar refractivity (Wildman–Crippen MR) is 64.4 cm³/mol. The second-order valence-electron chi connectivity index (χ2n) is 4.99. The molecule has 5 heteroatoms. The number of rotatable bonds is 5. The largest absolute Gasteiger partial charge is 0.480 e. The van der Waals surface area contributed by atoms with E-state index in [0.717, 1.165) is 19.3 Å². The lowest BCUT2D eigenvalue weighted by molar-refractivity contribution is -0.147. The van der Waals surface area contributed by atoms with Gasteiger partial charge in [-0.15, -0.1) is 0 Å². The minimum absolute atomic E-state index is 0.0576. The molecule has 0 aromatic carbocycles. The van der Waals surface area contributed by atoms with E-state index in [0.29, 0.717) is 12.8 Å². The summed E-state index contributed by atoms with van der Waals surface area (Å²) in [5.74, 6) is -1.23. The molecule has 1 aliphatic carbocycles. The summed E-state index contributed by atoms with van der Waals surface area (Å²) in [7, 11) is 0. The first-order valence-corrected chi connectivity index (χ1v) is 6.24. The van der Waals surface area contributed by atoms with Crippen LogP contribution < -0.4 is 11.1 Å². The third-order valence-electron chi connectivity index (χ3n) is 3.79. The van der Waals surface area contributed by atoms with E-state index in [4.69, 9.17) is 5.73 Å². The van der Waals surface area contributed by atoms with Crippen LogP contribution in [0, 0.1) is 5.92 Å². The number of hydrogen-bond acceptors (Lipinski definition) is 3. The average Bonchev–Trinajstić information content (AvgIpc) is 2.76. The number of nitrogens with one attached hydrogen (secondary N) is 1. The quantitative estimate of drug-likeness (QED) is 0.667. The third kappa shape index (κ3) is 2.97. The molecule has 17 heavy (non-hydrogen) atoms. The molecule has 0 heterocycles. The Kier molecular flexibility index (Phi) is 4.51. The van der Waals surface area contributed by atoms with Gasteiger partial charge >= 0.3 is 5.97 Å². The summed E-state index contributed by atoms with van der Waals surface area (Å²) in [6.07, 6.45) is 3.48. The molecular weight excluding hydrogens is 220 g/mol. The molecule has 0 aliphatic heterocycles. The molecule has 1 amide bonds. The van der Waals surface area contributed by atoms with Crippen molar-refractivity contribution in [2.45, 2.75) is 57.5 Å². The number of carbonyl (C=O) groups excluding carboxylic acids is 1. The Morgan fingerprint density at radius 1 is 1.41 bits per heavy atom. The van der Waals surface area contributed by atoms with E-state index in [1.807, 2.05) is 13.8 Å². The van der Waals surface area contributed by atoms with Crippen LogP contribution in [0.1, 0.15) is 46.0 Å². The first kappa shape index (κ1) is 14.0. The van der Waals surface area contributed by atoms with Crippen molar-refractivity contribution in [2.75, 3.05) is 0 Å². The fraction of sp³-hybridized carbons (Fsp3) is 0.833. The van der Waals surface area contributed by atoms with Crippen LogP contribution in [0.3, 0.4) is 0 Å². The third-order valence-corrected chi connectivity index (χ3v) is 3.79. The number of carboxylic acid groups (broad SMARTS) is 1. The van der Waals surface area contributed by atoms with Crippen molar-refractivity contribution in [2.24, 2.45) is 11.7 Å². The molecule has 1 aliphatic rings. The van der Waals surface area contributed by atoms with Crippen molar-refractivity contribution in [3.8, 4) is 0 Å². The highest BCUT2D eigenvalue weighted by molar-refractivity contribution is 5.89. The highest BCUT2D eigenvalue weighted by atomic mass is 16.4. The van der Waals surface area contributed by atoms with Gasteiger partial charge in [0.1, 0.15) is 5.54 Å². The molecule has 1 unspecified atom stereocenters. The van der Waals surface area contributed by atoms with Gasteiger partial charge in [-0.3, -0.25) is 4.79 Å². The number of nitrogens with two attached hydrogens (primary N) is 1. The van der Waals surface area contributed by atoms with Crippen LogP contribution in [0.2, 0.25) is 0 Å². The summed E-state index contributed by atoms with van der Waals surface area (Å²) in [6.45, 7) is 3.85. The van der Waals surface area contributed by atoms with E-state index in [-0.39, 0.29) is 11.8 Å². The maximum Gasteiger partial charge on any atom is 0.329 e. The first-order chi connectivity index (χ1) is 7.93. The van der Waals surface area contributed by atoms with Crippen molar-refractivity contribution >= 4 is 11.9 Å². The second kappa shape index (κ2) is 5.49. The average molecular weight is 242 g/mol. The fourth-order valence-corrected chi connectivity index (χ4v) is 2.20. The second-order valence-corrected chi connectivity index (χ2v) is 4.99. The van der Waals surface area contributed by atoms with Crippen LogP contribution >= 0.6 is 0 Å². The van der Waals surface area contributed by atoms with Crippen LogP contribution in [0.15, 0.2) is 0 Å². The monoisotopic (exact) mass is 242 g/mol. The highest BCUT2D eigenvalue weighted by Gasteiger charge is 2.43. The van der Waals surface area contributed by atoms with E-state index < -0.39 is 17.6 Å². The number of carbonyl (C=O) groups is 2. The van der Waals surface area contributed by atoms with Gasteiger partial charge < -0.3 is 16.2 Å². The van der Waals surface area contributed by atoms with Crippen molar-refractivity contribution in [1.29, 1.82) is 0 Å². The zero-order valence-electron chi connectivity index (χ0n) is 10.5. The Morgan fingerprint density at radius 2 is 1.94 bits per heavy atom. The van der Waals surface area contributed by atoms with E-state index in [1.165, 1.54) is 0 Å². The molecule has 0 saturated heterocycles. The molecule has 5 nitrogen and oxygen atoms in total. The fourth-order valence-electron chi connectivity index (χ4n) is 2.20. The highest BCUT2D eigenvalue weighted by Crippen LogP contribution is 2.30. The van der Waals surface area contributed by atoms with Crippen LogP contribution in [-0.4, -0.2) is 28.6 Å². The molecule has 0 aromatic heterocycles. The summed E-state index contributed by atoms with van der Waals surface area (Å²) < 4.78 is 0. The molecule has 2 atom stereocenters. The Hall–Kier alpha value is -1.10. The van der Waals surface area contributed by atoms with Gasteiger partial charge in [0.2, 0.25) is 5.91 Å². The smallest absolute Gasteiger partial charge is 0.329 e. The van der Waals surface area contributed by atoms with Gasteiger partial charge in [-0.25, -0.2) is 4.79 Å². The maximum absolute atomic E-state index is 11.9. The standard InChI is InChI=1S/C12H22N2O3/c1-3-8(2)9(13)10(15)14-12(11(16)17)6-4-5-7-12/h8-9H,3-7,13H2,1-2H3,(H,14,15)(H,16,17)/t8?,9-/m0/s1. The molecule has 0 aromatic rings. The SMILES string of the molecule is CCC(C)[C@H](N)C(=O)NC1(C(=O)O)CCCC1. The molecule has 0 spiro atoms. The summed E-state index contributed by atoms with van der Waals surface area (Å²) in [5.41, 5.74) is 4.72. The lowest BCUT2D eigenvalue weighted by Gasteiger charge is -2.28. The van der Waals surface area contributed by atoms with E-state index in [9.17, 15) is 14.7 Å². The van der Waals surface area contributed by atoms with Crippen molar-refractivity contribution < 1.29 is 14.7 Å². The Labute approximate surface area is 102 Å². The van der Waals surface area contributed by atoms with Crippen molar-refractivity contribution in [3.63, 3.8) is 0 Å². The molecule has 98 valence electrons. The first-order valence-electron chi connectivity index (χ1n) is 6.24. The van der Waals surface area contributed by atoms with E-state index >= 15 is 0 Å². The summed E-state index contributed by atoms with van der Waals surface area (Å²) >= 11 is 0. The minimum atomic E-state index is -1.08. The van der Waals surface area contributed by atoms with Crippen LogP contribution in [0.4, 0.5) is 0 Å². The summed E-state index contributed by atoms with van der Waals surface area (Å²) in [5, 5.41) is 11.9. The molecule has 1 fully saturated rings. The van der Waals surface area contributed by atoms with Gasteiger partial charge in [-0.1, -0.05) is 33.1 Å². The molecule has 4 N–H and O–H groups in total. The molecule has 1 rings (SSSR count). The molecule has 0 bridgehead atoms. The van der Waals surface area contributed by atoms with E-state index in [2.05, 4.69) is 5.32 Å². The van der Waals surface area contributed by atoms with Gasteiger partial charge in [-0.05, 0) is 18.8 Å². The molecule has 1 saturated carbocycles. The van der Waals surface area contributed by atoms with Crippen LogP contribution in [0.5, 0.6) is 0 Å². The Balaban J connectivity index is 2.68. The van der Waals surface area contributed by atoms with E-state index in [1.54, 1.807) is 0 Å². The number of amides is 1. The lowest BCUT2D eigenvalue weighted by atomic mass is 9.94. The predicted octanol–water partition coefficient (Wildman–Crippen LogP) is 0.873. The maximum atomic E-state index is 11.9. The van der Waals surface area contributed by atoms with Gasteiger partial charge in [0.05, 0.1) is 6.04 Å². The zero-order chi connectivity index (χ0) is 13.1. The van der Waals surface area contributed by atoms with Crippen LogP contribution in [-0.2, 0) is 9.59 Å². The van der Waals surface area contributed by atoms with Crippen molar-refractivity contribution in [1.82, 2.24) is 5.32 Å². The normalized spacial score (nSPS) is 21.8. The topological polar surface area (TPSA) is 92.4 Å². The van der Waals surface area contributed by atoms with Gasteiger partial charge in [-0.2, -0.15) is 0 Å². The van der Waals surface area contributed by atoms with Crippen LogP contribution in [0.25, 0.3) is 0 Å². The number of aliphatic carboxylic acids is 1. The molecule has 0 radical (unpaired) electrons. The van der Waals surface area contributed by atoms with Gasteiger partial charge in [0.15, 0.2) is 0 Å². The number of carboxylic acids is 1. The summed E-state index contributed by atoms with van der Waals surface area (Å²) in [4.78, 5) is 23.2. The summed E-state index contributed by atoms with van der Waals surface area (Å²) in [6, 6.07) is -0.628. The van der Waals surface area contributed by atoms with Gasteiger partial charge in [0.25, 0.3) is 0 Å². The molecular formula is C12H22N2O3.